The maximum Gasteiger partial charge on any atom is 0.209 e. The van der Waals surface area contributed by atoms with Crippen LogP contribution in [0.5, 0.6) is 0 Å². The van der Waals surface area contributed by atoms with Crippen molar-refractivity contribution in [1.82, 2.24) is 4.40 Å². The van der Waals surface area contributed by atoms with Gasteiger partial charge in [-0.1, -0.05) is 17.7 Å². The Balaban J connectivity index is 2.09. The van der Waals surface area contributed by atoms with Gasteiger partial charge in [0, 0.05) is 22.3 Å². The summed E-state index contributed by atoms with van der Waals surface area (Å²) < 4.78 is 1.89. The van der Waals surface area contributed by atoms with Crippen LogP contribution in [0, 0.1) is 0 Å². The molecule has 0 spiro atoms. The minimum absolute atomic E-state index is 0.00198. The lowest BCUT2D eigenvalue weighted by Crippen LogP contribution is -2.04. The minimum atomic E-state index is -0.00198. The fourth-order valence-electron chi connectivity index (χ4n) is 1.99. The quantitative estimate of drug-likeness (QED) is 0.638. The summed E-state index contributed by atoms with van der Waals surface area (Å²) in [7, 11) is 0. The highest BCUT2D eigenvalue weighted by Crippen LogP contribution is 2.16. The molecule has 18 heavy (non-hydrogen) atoms. The predicted octanol–water partition coefficient (Wildman–Crippen LogP) is 3.82. The monoisotopic (exact) mass is 255 g/mol. The molecular formula is C15H10ClNO. The van der Waals surface area contributed by atoms with E-state index < -0.39 is 0 Å². The zero-order chi connectivity index (χ0) is 12.5. The first-order valence-corrected chi connectivity index (χ1v) is 6.00. The molecular weight excluding hydrogens is 246 g/mol. The van der Waals surface area contributed by atoms with Crippen LogP contribution in [0.3, 0.4) is 0 Å². The lowest BCUT2D eigenvalue weighted by atomic mass is 10.1. The third-order valence-corrected chi connectivity index (χ3v) is 3.15. The highest BCUT2D eigenvalue weighted by atomic mass is 35.5. The molecule has 3 rings (SSSR count). The molecule has 2 heterocycles. The molecule has 0 N–H and O–H groups in total. The van der Waals surface area contributed by atoms with E-state index in [2.05, 4.69) is 0 Å². The average molecular weight is 256 g/mol. The topological polar surface area (TPSA) is 21.5 Å². The van der Waals surface area contributed by atoms with Crippen molar-refractivity contribution in [2.45, 2.75) is 0 Å². The molecule has 0 saturated heterocycles. The summed E-state index contributed by atoms with van der Waals surface area (Å²) in [6, 6.07) is 16.5. The second kappa shape index (κ2) is 4.31. The van der Waals surface area contributed by atoms with Gasteiger partial charge in [-0.15, -0.1) is 0 Å². The minimum Gasteiger partial charge on any atom is -0.314 e. The summed E-state index contributed by atoms with van der Waals surface area (Å²) in [5, 5.41) is 0.631. The maximum absolute atomic E-state index is 12.4. The summed E-state index contributed by atoms with van der Waals surface area (Å²) in [5.74, 6) is -0.00198. The van der Waals surface area contributed by atoms with Crippen LogP contribution in [0.15, 0.2) is 60.8 Å². The van der Waals surface area contributed by atoms with E-state index in [0.29, 0.717) is 16.3 Å². The van der Waals surface area contributed by atoms with Gasteiger partial charge in [0.05, 0.1) is 5.69 Å². The lowest BCUT2D eigenvalue weighted by Gasteiger charge is -2.02. The number of pyridine rings is 1. The summed E-state index contributed by atoms with van der Waals surface area (Å²) >= 11 is 5.82. The molecule has 88 valence electrons. The normalized spacial score (nSPS) is 10.7. The van der Waals surface area contributed by atoms with Crippen molar-refractivity contribution in [2.75, 3.05) is 0 Å². The van der Waals surface area contributed by atoms with Crippen molar-refractivity contribution >= 4 is 22.9 Å². The number of benzene rings is 1. The fraction of sp³-hybridized carbons (Fsp3) is 0. The van der Waals surface area contributed by atoms with Crippen molar-refractivity contribution in [3.8, 4) is 0 Å². The van der Waals surface area contributed by atoms with E-state index in [1.807, 2.05) is 40.9 Å². The molecule has 2 aromatic heterocycles. The van der Waals surface area contributed by atoms with Gasteiger partial charge in [0.15, 0.2) is 0 Å². The summed E-state index contributed by atoms with van der Waals surface area (Å²) in [6.45, 7) is 0. The highest BCUT2D eigenvalue weighted by Gasteiger charge is 2.12. The largest absolute Gasteiger partial charge is 0.314 e. The Hall–Kier alpha value is -2.06. The Morgan fingerprint density at radius 1 is 0.944 bits per heavy atom. The second-order valence-electron chi connectivity index (χ2n) is 4.05. The maximum atomic E-state index is 12.4. The van der Waals surface area contributed by atoms with E-state index >= 15 is 0 Å². The average Bonchev–Trinajstić information content (AvgIpc) is 2.82. The zero-order valence-corrected chi connectivity index (χ0v) is 10.3. The Bertz CT molecular complexity index is 713. The molecule has 0 aliphatic rings. The third kappa shape index (κ3) is 1.81. The van der Waals surface area contributed by atoms with Gasteiger partial charge in [-0.3, -0.25) is 4.79 Å². The Labute approximate surface area is 109 Å². The Morgan fingerprint density at radius 2 is 1.72 bits per heavy atom. The van der Waals surface area contributed by atoms with Gasteiger partial charge in [-0.25, -0.2) is 0 Å². The van der Waals surface area contributed by atoms with Gasteiger partial charge in [0.1, 0.15) is 0 Å². The van der Waals surface area contributed by atoms with Crippen molar-refractivity contribution < 1.29 is 4.79 Å². The molecule has 0 bridgehead atoms. The van der Waals surface area contributed by atoms with E-state index in [-0.39, 0.29) is 5.78 Å². The van der Waals surface area contributed by atoms with Gasteiger partial charge in [-0.05, 0) is 48.5 Å². The van der Waals surface area contributed by atoms with Crippen LogP contribution < -0.4 is 0 Å². The van der Waals surface area contributed by atoms with Crippen molar-refractivity contribution in [3.63, 3.8) is 0 Å². The van der Waals surface area contributed by atoms with Crippen LogP contribution in [0.4, 0.5) is 0 Å². The van der Waals surface area contributed by atoms with Crippen LogP contribution in [0.2, 0.25) is 5.02 Å². The van der Waals surface area contributed by atoms with E-state index in [4.69, 9.17) is 11.6 Å². The molecule has 3 heteroatoms. The predicted molar refractivity (Wildman–Crippen MR) is 72.3 cm³/mol. The zero-order valence-electron chi connectivity index (χ0n) is 9.51. The van der Waals surface area contributed by atoms with Gasteiger partial charge >= 0.3 is 0 Å². The number of aromatic nitrogens is 1. The number of ketones is 1. The molecule has 0 saturated carbocycles. The van der Waals surface area contributed by atoms with Crippen LogP contribution in [-0.4, -0.2) is 10.2 Å². The molecule has 2 nitrogen and oxygen atoms in total. The summed E-state index contributed by atoms with van der Waals surface area (Å²) in [5.41, 5.74) is 2.31. The number of halogens is 1. The fourth-order valence-corrected chi connectivity index (χ4v) is 2.12. The van der Waals surface area contributed by atoms with Crippen molar-refractivity contribution in [3.05, 3.63) is 77.1 Å². The molecule has 0 radical (unpaired) electrons. The Morgan fingerprint density at radius 3 is 2.50 bits per heavy atom. The van der Waals surface area contributed by atoms with Crippen molar-refractivity contribution in [1.29, 1.82) is 0 Å². The number of fused-ring (bicyclic) bond motifs is 1. The number of hydrogen-bond acceptors (Lipinski definition) is 1. The van der Waals surface area contributed by atoms with Crippen molar-refractivity contribution in [2.24, 2.45) is 0 Å². The Kier molecular flexibility index (Phi) is 2.65. The van der Waals surface area contributed by atoms with E-state index in [1.165, 1.54) is 0 Å². The van der Waals surface area contributed by atoms with E-state index in [0.717, 1.165) is 5.52 Å². The molecule has 3 aromatic rings. The standard InChI is InChI=1S/C15H10ClNO/c16-12-6-4-11(5-7-12)15(18)14-9-8-13-3-1-2-10-17(13)14/h1-10H. The smallest absolute Gasteiger partial charge is 0.209 e. The summed E-state index contributed by atoms with van der Waals surface area (Å²) in [6.07, 6.45) is 1.89. The van der Waals surface area contributed by atoms with Crippen LogP contribution in [0.1, 0.15) is 16.1 Å². The number of nitrogens with zero attached hydrogens (tertiary/aromatic N) is 1. The first-order chi connectivity index (χ1) is 8.75. The summed E-state index contributed by atoms with van der Waals surface area (Å²) in [4.78, 5) is 12.4. The first kappa shape index (κ1) is 11.1. The van der Waals surface area contributed by atoms with E-state index in [9.17, 15) is 4.79 Å². The van der Waals surface area contributed by atoms with Crippen LogP contribution in [0.25, 0.3) is 5.52 Å². The number of carbonyl (C=O) groups excluding carboxylic acids is 1. The first-order valence-electron chi connectivity index (χ1n) is 5.62. The molecule has 0 amide bonds. The number of hydrogen-bond donors (Lipinski definition) is 0. The number of rotatable bonds is 2. The SMILES string of the molecule is O=C(c1ccc(Cl)cc1)c1ccc2ccccn12. The molecule has 1 aromatic carbocycles. The van der Waals surface area contributed by atoms with Gasteiger partial charge in [0.25, 0.3) is 0 Å². The van der Waals surface area contributed by atoms with Gasteiger partial charge in [0.2, 0.25) is 5.78 Å². The highest BCUT2D eigenvalue weighted by molar-refractivity contribution is 6.30. The van der Waals surface area contributed by atoms with Gasteiger partial charge < -0.3 is 4.40 Å². The molecule has 0 atom stereocenters. The van der Waals surface area contributed by atoms with Crippen LogP contribution >= 0.6 is 11.6 Å². The lowest BCUT2D eigenvalue weighted by molar-refractivity contribution is 0.103. The van der Waals surface area contributed by atoms with E-state index in [1.54, 1.807) is 24.3 Å². The molecule has 0 aliphatic carbocycles. The molecule has 0 aliphatic heterocycles. The second-order valence-corrected chi connectivity index (χ2v) is 4.49. The molecule has 0 unspecified atom stereocenters. The molecule has 0 fully saturated rings. The van der Waals surface area contributed by atoms with Gasteiger partial charge in [-0.2, -0.15) is 0 Å². The van der Waals surface area contributed by atoms with Crippen LogP contribution in [-0.2, 0) is 0 Å². The number of carbonyl (C=O) groups is 1. The third-order valence-electron chi connectivity index (χ3n) is 2.90.